The van der Waals surface area contributed by atoms with Crippen LogP contribution in [-0.4, -0.2) is 18.9 Å². The van der Waals surface area contributed by atoms with Gasteiger partial charge in [0.1, 0.15) is 0 Å². The molecule has 3 rings (SSSR count). The Bertz CT molecular complexity index is 441. The minimum atomic E-state index is 0.303. The van der Waals surface area contributed by atoms with Crippen molar-refractivity contribution in [3.63, 3.8) is 0 Å². The van der Waals surface area contributed by atoms with Crippen LogP contribution in [0.25, 0.3) is 0 Å². The summed E-state index contributed by atoms with van der Waals surface area (Å²) in [5, 5.41) is 0. The molecule has 0 atom stereocenters. The zero-order valence-electron chi connectivity index (χ0n) is 8.42. The number of hydrogen-bond acceptors (Lipinski definition) is 2. The second kappa shape index (κ2) is 3.34. The van der Waals surface area contributed by atoms with Gasteiger partial charge in [0, 0.05) is 29.5 Å². The molecule has 0 N–H and O–H groups in total. The SMILES string of the molecule is O=C1CCN2CCCc3c(Br)ccc1c32. The lowest BCUT2D eigenvalue weighted by Crippen LogP contribution is -2.36. The predicted molar refractivity (Wildman–Crippen MR) is 63.6 cm³/mol. The number of benzene rings is 1. The summed E-state index contributed by atoms with van der Waals surface area (Å²) in [7, 11) is 0. The molecule has 3 heteroatoms. The maximum atomic E-state index is 11.8. The van der Waals surface area contributed by atoms with E-state index in [9.17, 15) is 4.79 Å². The molecule has 15 heavy (non-hydrogen) atoms. The molecule has 0 aromatic heterocycles. The summed E-state index contributed by atoms with van der Waals surface area (Å²) in [6, 6.07) is 3.98. The fraction of sp³-hybridized carbons (Fsp3) is 0.417. The van der Waals surface area contributed by atoms with E-state index in [0.717, 1.165) is 29.5 Å². The highest BCUT2D eigenvalue weighted by atomic mass is 79.9. The number of carbonyl (C=O) groups is 1. The summed E-state index contributed by atoms with van der Waals surface area (Å²) in [6.07, 6.45) is 2.96. The average molecular weight is 266 g/mol. The summed E-state index contributed by atoms with van der Waals surface area (Å²) in [5.41, 5.74) is 3.46. The Morgan fingerprint density at radius 3 is 2.93 bits per heavy atom. The first kappa shape index (κ1) is 9.40. The molecule has 78 valence electrons. The normalized spacial score (nSPS) is 19.0. The van der Waals surface area contributed by atoms with Crippen LogP contribution in [-0.2, 0) is 6.42 Å². The van der Waals surface area contributed by atoms with Crippen LogP contribution in [0.1, 0.15) is 28.8 Å². The van der Waals surface area contributed by atoms with Crippen LogP contribution in [0.4, 0.5) is 5.69 Å². The van der Waals surface area contributed by atoms with Crippen molar-refractivity contribution in [3.05, 3.63) is 27.7 Å². The highest BCUT2D eigenvalue weighted by Crippen LogP contribution is 2.38. The number of halogens is 1. The van der Waals surface area contributed by atoms with Gasteiger partial charge in [-0.25, -0.2) is 0 Å². The van der Waals surface area contributed by atoms with Crippen molar-refractivity contribution < 1.29 is 4.79 Å². The first-order valence-corrected chi connectivity index (χ1v) is 6.16. The highest BCUT2D eigenvalue weighted by molar-refractivity contribution is 9.10. The van der Waals surface area contributed by atoms with Crippen molar-refractivity contribution in [2.45, 2.75) is 19.3 Å². The summed E-state index contributed by atoms with van der Waals surface area (Å²) >= 11 is 3.58. The molecular weight excluding hydrogens is 254 g/mol. The van der Waals surface area contributed by atoms with Gasteiger partial charge in [-0.15, -0.1) is 0 Å². The molecule has 0 spiro atoms. The van der Waals surface area contributed by atoms with Crippen molar-refractivity contribution in [3.8, 4) is 0 Å². The lowest BCUT2D eigenvalue weighted by atomic mass is 9.91. The average Bonchev–Trinajstić information content (AvgIpc) is 2.26. The molecule has 0 amide bonds. The van der Waals surface area contributed by atoms with Gasteiger partial charge >= 0.3 is 0 Å². The van der Waals surface area contributed by atoms with Gasteiger partial charge in [0.05, 0.1) is 5.69 Å². The summed E-state index contributed by atoms with van der Waals surface area (Å²) in [6.45, 7) is 2.00. The number of carbonyl (C=O) groups excluding carboxylic acids is 1. The number of nitrogens with zero attached hydrogens (tertiary/aromatic N) is 1. The van der Waals surface area contributed by atoms with Gasteiger partial charge in [0.2, 0.25) is 0 Å². The molecule has 0 fully saturated rings. The van der Waals surface area contributed by atoms with Crippen molar-refractivity contribution in [1.29, 1.82) is 0 Å². The number of hydrogen-bond donors (Lipinski definition) is 0. The van der Waals surface area contributed by atoms with E-state index in [4.69, 9.17) is 0 Å². The van der Waals surface area contributed by atoms with Gasteiger partial charge in [-0.3, -0.25) is 4.79 Å². The largest absolute Gasteiger partial charge is 0.370 e. The van der Waals surface area contributed by atoms with Crippen molar-refractivity contribution >= 4 is 27.4 Å². The first-order valence-electron chi connectivity index (χ1n) is 5.37. The lowest BCUT2D eigenvalue weighted by Gasteiger charge is -2.36. The molecule has 0 bridgehead atoms. The summed E-state index contributed by atoms with van der Waals surface area (Å²) in [5.74, 6) is 0.303. The monoisotopic (exact) mass is 265 g/mol. The molecule has 2 heterocycles. The van der Waals surface area contributed by atoms with Crippen LogP contribution in [0.15, 0.2) is 16.6 Å². The quantitative estimate of drug-likeness (QED) is 0.719. The van der Waals surface area contributed by atoms with Crippen molar-refractivity contribution in [2.24, 2.45) is 0 Å². The molecular formula is C12H12BrNO. The van der Waals surface area contributed by atoms with E-state index in [1.165, 1.54) is 17.7 Å². The zero-order chi connectivity index (χ0) is 10.4. The van der Waals surface area contributed by atoms with E-state index < -0.39 is 0 Å². The lowest BCUT2D eigenvalue weighted by molar-refractivity contribution is 0.0979. The minimum absolute atomic E-state index is 0.303. The van der Waals surface area contributed by atoms with Gasteiger partial charge in [-0.1, -0.05) is 15.9 Å². The molecule has 0 radical (unpaired) electrons. The van der Waals surface area contributed by atoms with Crippen LogP contribution >= 0.6 is 15.9 Å². The third-order valence-corrected chi connectivity index (χ3v) is 4.05. The Morgan fingerprint density at radius 2 is 2.07 bits per heavy atom. The van der Waals surface area contributed by atoms with Crippen LogP contribution in [0.5, 0.6) is 0 Å². The van der Waals surface area contributed by atoms with Crippen LogP contribution in [0.3, 0.4) is 0 Å². The van der Waals surface area contributed by atoms with Gasteiger partial charge in [-0.05, 0) is 30.5 Å². The van der Waals surface area contributed by atoms with E-state index in [1.807, 2.05) is 12.1 Å². The Morgan fingerprint density at radius 1 is 1.20 bits per heavy atom. The predicted octanol–water partition coefficient (Wildman–Crippen LogP) is 2.79. The third kappa shape index (κ3) is 1.33. The van der Waals surface area contributed by atoms with Crippen LogP contribution in [0, 0.1) is 0 Å². The standard InChI is InChI=1S/C12H12BrNO/c13-10-4-3-9-11(15)5-7-14-6-1-2-8(10)12(9)14/h3-4H,1-2,5-7H2. The van der Waals surface area contributed by atoms with E-state index >= 15 is 0 Å². The van der Waals surface area contributed by atoms with Gasteiger partial charge in [0.25, 0.3) is 0 Å². The topological polar surface area (TPSA) is 20.3 Å². The van der Waals surface area contributed by atoms with E-state index in [0.29, 0.717) is 12.2 Å². The number of rotatable bonds is 0. The van der Waals surface area contributed by atoms with Crippen LogP contribution < -0.4 is 4.90 Å². The number of ketones is 1. The molecule has 0 unspecified atom stereocenters. The molecule has 2 aliphatic rings. The molecule has 1 aromatic rings. The Hall–Kier alpha value is -0.830. The van der Waals surface area contributed by atoms with Crippen molar-refractivity contribution in [1.82, 2.24) is 0 Å². The summed E-state index contributed by atoms with van der Waals surface area (Å²) in [4.78, 5) is 14.2. The molecule has 2 nitrogen and oxygen atoms in total. The second-order valence-electron chi connectivity index (χ2n) is 4.19. The van der Waals surface area contributed by atoms with Gasteiger partial charge in [0.15, 0.2) is 5.78 Å². The first-order chi connectivity index (χ1) is 7.27. The van der Waals surface area contributed by atoms with E-state index in [-0.39, 0.29) is 0 Å². The molecule has 0 saturated carbocycles. The molecule has 2 aliphatic heterocycles. The maximum Gasteiger partial charge on any atom is 0.166 e. The minimum Gasteiger partial charge on any atom is -0.370 e. The number of anilines is 1. The van der Waals surface area contributed by atoms with E-state index in [1.54, 1.807) is 0 Å². The summed E-state index contributed by atoms with van der Waals surface area (Å²) < 4.78 is 1.15. The third-order valence-electron chi connectivity index (χ3n) is 3.31. The van der Waals surface area contributed by atoms with Crippen molar-refractivity contribution in [2.75, 3.05) is 18.0 Å². The zero-order valence-corrected chi connectivity index (χ0v) is 10.0. The van der Waals surface area contributed by atoms with Gasteiger partial charge < -0.3 is 4.90 Å². The molecule has 1 aromatic carbocycles. The van der Waals surface area contributed by atoms with Gasteiger partial charge in [-0.2, -0.15) is 0 Å². The highest BCUT2D eigenvalue weighted by Gasteiger charge is 2.28. The number of Topliss-reactive ketones (excluding diaryl/α,β-unsaturated/α-hetero) is 1. The fourth-order valence-corrected chi connectivity index (χ4v) is 3.11. The molecule has 0 aliphatic carbocycles. The second-order valence-corrected chi connectivity index (χ2v) is 5.04. The molecule has 0 saturated heterocycles. The smallest absolute Gasteiger partial charge is 0.166 e. The maximum absolute atomic E-state index is 11.8. The Balaban J connectivity index is 2.27. The Labute approximate surface area is 97.4 Å². The fourth-order valence-electron chi connectivity index (χ4n) is 2.59. The van der Waals surface area contributed by atoms with E-state index in [2.05, 4.69) is 20.8 Å². The Kier molecular flexibility index (Phi) is 2.09. The van der Waals surface area contributed by atoms with Crippen LogP contribution in [0.2, 0.25) is 0 Å².